The van der Waals surface area contributed by atoms with Crippen LogP contribution in [0.25, 0.3) is 0 Å². The molecule has 2 heterocycles. The van der Waals surface area contributed by atoms with E-state index in [2.05, 4.69) is 15.6 Å². The number of amides is 1. The van der Waals surface area contributed by atoms with Crippen molar-refractivity contribution in [1.29, 1.82) is 0 Å². The molecule has 1 aliphatic heterocycles. The molecule has 20 heavy (non-hydrogen) atoms. The maximum atomic E-state index is 12.4. The van der Waals surface area contributed by atoms with E-state index in [4.69, 9.17) is 5.11 Å². The highest BCUT2D eigenvalue weighted by Crippen LogP contribution is 2.27. The molecule has 1 aromatic rings. The fourth-order valence-electron chi connectivity index (χ4n) is 2.27. The van der Waals surface area contributed by atoms with Crippen LogP contribution in [-0.2, 0) is 4.79 Å². The van der Waals surface area contributed by atoms with E-state index in [1.165, 1.54) is 16.7 Å². The summed E-state index contributed by atoms with van der Waals surface area (Å²) in [6, 6.07) is -0.278. The van der Waals surface area contributed by atoms with E-state index < -0.39 is 11.4 Å². The number of carboxylic acids is 1. The molecule has 0 aliphatic carbocycles. The summed E-state index contributed by atoms with van der Waals surface area (Å²) in [6.07, 6.45) is 1.84. The molecule has 6 nitrogen and oxygen atoms in total. The van der Waals surface area contributed by atoms with E-state index >= 15 is 0 Å². The van der Waals surface area contributed by atoms with Gasteiger partial charge < -0.3 is 15.7 Å². The fourth-order valence-corrected chi connectivity index (χ4v) is 3.07. The second-order valence-electron chi connectivity index (χ2n) is 5.41. The van der Waals surface area contributed by atoms with Crippen LogP contribution in [0.2, 0.25) is 0 Å². The Balaban J connectivity index is 2.01. The number of rotatable bonds is 4. The zero-order chi connectivity index (χ0) is 14.8. The summed E-state index contributed by atoms with van der Waals surface area (Å²) in [7, 11) is 0. The smallest absolute Gasteiger partial charge is 0.355 e. The Morgan fingerprint density at radius 1 is 1.60 bits per heavy atom. The summed E-state index contributed by atoms with van der Waals surface area (Å²) in [6.45, 7) is 5.39. The van der Waals surface area contributed by atoms with Gasteiger partial charge >= 0.3 is 5.97 Å². The first-order valence-corrected chi connectivity index (χ1v) is 7.51. The number of carboxylic acid groups (broad SMARTS) is 1. The van der Waals surface area contributed by atoms with Crippen molar-refractivity contribution in [3.63, 3.8) is 0 Å². The second-order valence-corrected chi connectivity index (χ2v) is 6.30. The maximum Gasteiger partial charge on any atom is 0.355 e. The second kappa shape index (κ2) is 5.88. The molecule has 0 radical (unpaired) electrons. The molecule has 0 bridgehead atoms. The first-order valence-electron chi connectivity index (χ1n) is 6.63. The van der Waals surface area contributed by atoms with Crippen LogP contribution in [0.1, 0.15) is 48.2 Å². The van der Waals surface area contributed by atoms with E-state index in [1.54, 1.807) is 0 Å². The molecule has 7 heteroatoms. The third-order valence-corrected chi connectivity index (χ3v) is 4.63. The van der Waals surface area contributed by atoms with Gasteiger partial charge in [-0.3, -0.25) is 4.79 Å². The zero-order valence-electron chi connectivity index (χ0n) is 11.6. The Kier molecular flexibility index (Phi) is 4.39. The normalized spacial score (nSPS) is 24.1. The van der Waals surface area contributed by atoms with Gasteiger partial charge in [-0.2, -0.15) is 0 Å². The van der Waals surface area contributed by atoms with E-state index in [9.17, 15) is 9.59 Å². The number of carbonyl (C=O) groups is 2. The number of aromatic nitrogens is 1. The fraction of sp³-hybridized carbons (Fsp3) is 0.615. The molecule has 110 valence electrons. The van der Waals surface area contributed by atoms with Gasteiger partial charge in [-0.05, 0) is 33.2 Å². The largest absolute Gasteiger partial charge is 0.476 e. The standard InChI is InChI=1S/C13H19N3O3S/c1-8(10-16-9(6-20-10)11(17)18)15-12(19)13(2)4-3-5-14-7-13/h6,8,14H,3-5,7H2,1-2H3,(H,15,19)(H,17,18). The first-order chi connectivity index (χ1) is 9.42. The van der Waals surface area contributed by atoms with Crippen LogP contribution < -0.4 is 10.6 Å². The topological polar surface area (TPSA) is 91.3 Å². The molecule has 2 unspecified atom stereocenters. The van der Waals surface area contributed by atoms with Crippen molar-refractivity contribution in [2.45, 2.75) is 32.7 Å². The van der Waals surface area contributed by atoms with Gasteiger partial charge in [0.25, 0.3) is 0 Å². The Bertz CT molecular complexity index is 509. The molecule has 1 fully saturated rings. The predicted molar refractivity (Wildman–Crippen MR) is 75.8 cm³/mol. The average molecular weight is 297 g/mol. The van der Waals surface area contributed by atoms with E-state index in [-0.39, 0.29) is 17.6 Å². The van der Waals surface area contributed by atoms with Gasteiger partial charge in [0, 0.05) is 11.9 Å². The number of carbonyl (C=O) groups excluding carboxylic acids is 1. The molecule has 1 aliphatic rings. The van der Waals surface area contributed by atoms with E-state index in [0.29, 0.717) is 11.6 Å². The zero-order valence-corrected chi connectivity index (χ0v) is 12.4. The van der Waals surface area contributed by atoms with Gasteiger partial charge in [-0.15, -0.1) is 11.3 Å². The molecule has 0 spiro atoms. The number of nitrogens with one attached hydrogen (secondary N) is 2. The summed E-state index contributed by atoms with van der Waals surface area (Å²) < 4.78 is 0. The first kappa shape index (κ1) is 14.9. The van der Waals surface area contributed by atoms with Gasteiger partial charge in [-0.25, -0.2) is 9.78 Å². The van der Waals surface area contributed by atoms with Gasteiger partial charge in [0.1, 0.15) is 5.01 Å². The van der Waals surface area contributed by atoms with Crippen molar-refractivity contribution < 1.29 is 14.7 Å². The lowest BCUT2D eigenvalue weighted by molar-refractivity contribution is -0.131. The van der Waals surface area contributed by atoms with E-state index in [1.807, 2.05) is 13.8 Å². The Labute approximate surface area is 121 Å². The van der Waals surface area contributed by atoms with Gasteiger partial charge in [0.05, 0.1) is 11.5 Å². The van der Waals surface area contributed by atoms with Crippen molar-refractivity contribution in [2.75, 3.05) is 13.1 Å². The molecule has 2 rings (SSSR count). The summed E-state index contributed by atoms with van der Waals surface area (Å²) in [5.41, 5.74) is -0.379. The molecule has 0 saturated carbocycles. The van der Waals surface area contributed by atoms with Crippen LogP contribution in [0.15, 0.2) is 5.38 Å². The lowest BCUT2D eigenvalue weighted by Crippen LogP contribution is -2.49. The van der Waals surface area contributed by atoms with Crippen LogP contribution in [0, 0.1) is 5.41 Å². The summed E-state index contributed by atoms with van der Waals surface area (Å²) >= 11 is 1.25. The average Bonchev–Trinajstić information content (AvgIpc) is 2.89. The minimum Gasteiger partial charge on any atom is -0.476 e. The summed E-state index contributed by atoms with van der Waals surface area (Å²) in [5, 5.41) is 17.1. The molecule has 1 aromatic heterocycles. The highest BCUT2D eigenvalue weighted by Gasteiger charge is 2.35. The monoisotopic (exact) mass is 297 g/mol. The van der Waals surface area contributed by atoms with Gasteiger partial charge in [0.2, 0.25) is 5.91 Å². The maximum absolute atomic E-state index is 12.4. The van der Waals surface area contributed by atoms with Crippen LogP contribution in [0.5, 0.6) is 0 Å². The quantitative estimate of drug-likeness (QED) is 0.781. The van der Waals surface area contributed by atoms with Crippen LogP contribution >= 0.6 is 11.3 Å². The Hall–Kier alpha value is -1.47. The number of piperidine rings is 1. The SMILES string of the molecule is CC(NC(=O)C1(C)CCCNC1)c1nc(C(=O)O)cs1. The molecule has 0 aromatic carbocycles. The molecular weight excluding hydrogens is 278 g/mol. The predicted octanol–water partition coefficient (Wildman–Crippen LogP) is 1.41. The van der Waals surface area contributed by atoms with Crippen LogP contribution in [0.3, 0.4) is 0 Å². The van der Waals surface area contributed by atoms with Gasteiger partial charge in [-0.1, -0.05) is 0 Å². The molecule has 1 amide bonds. The highest BCUT2D eigenvalue weighted by molar-refractivity contribution is 7.09. The van der Waals surface area contributed by atoms with Crippen molar-refractivity contribution in [1.82, 2.24) is 15.6 Å². The van der Waals surface area contributed by atoms with Gasteiger partial charge in [0.15, 0.2) is 5.69 Å². The van der Waals surface area contributed by atoms with Crippen molar-refractivity contribution in [3.8, 4) is 0 Å². The van der Waals surface area contributed by atoms with Crippen molar-refractivity contribution in [2.24, 2.45) is 5.41 Å². The minimum atomic E-state index is -1.05. The number of thiazole rings is 1. The molecule has 3 N–H and O–H groups in total. The van der Waals surface area contributed by atoms with Crippen molar-refractivity contribution >= 4 is 23.2 Å². The highest BCUT2D eigenvalue weighted by atomic mass is 32.1. The Morgan fingerprint density at radius 3 is 2.90 bits per heavy atom. The van der Waals surface area contributed by atoms with Crippen LogP contribution in [0.4, 0.5) is 0 Å². The Morgan fingerprint density at radius 2 is 2.35 bits per heavy atom. The summed E-state index contributed by atoms with van der Waals surface area (Å²) in [5.74, 6) is -1.06. The number of aromatic carboxylic acids is 1. The molecular formula is C13H19N3O3S. The number of nitrogens with zero attached hydrogens (tertiary/aromatic N) is 1. The summed E-state index contributed by atoms with van der Waals surface area (Å²) in [4.78, 5) is 27.2. The third kappa shape index (κ3) is 3.16. The number of hydrogen-bond donors (Lipinski definition) is 3. The van der Waals surface area contributed by atoms with E-state index in [0.717, 1.165) is 19.4 Å². The lowest BCUT2D eigenvalue weighted by Gasteiger charge is -2.33. The van der Waals surface area contributed by atoms with Crippen LogP contribution in [-0.4, -0.2) is 35.1 Å². The third-order valence-electron chi connectivity index (χ3n) is 3.60. The molecule has 2 atom stereocenters. The minimum absolute atomic E-state index is 0.00993. The van der Waals surface area contributed by atoms with Crippen molar-refractivity contribution in [3.05, 3.63) is 16.1 Å². The number of hydrogen-bond acceptors (Lipinski definition) is 5. The lowest BCUT2D eigenvalue weighted by atomic mass is 9.82. The molecule has 1 saturated heterocycles.